The van der Waals surface area contributed by atoms with E-state index >= 15 is 0 Å². The maximum Gasteiger partial charge on any atom is 0.109 e. The molecule has 0 spiro atoms. The second-order valence-corrected chi connectivity index (χ2v) is 19.8. The molecule has 0 atom stereocenters. The van der Waals surface area contributed by atoms with Crippen LogP contribution < -0.4 is 0 Å². The van der Waals surface area contributed by atoms with Gasteiger partial charge >= 0.3 is 0 Å². The summed E-state index contributed by atoms with van der Waals surface area (Å²) in [5, 5.41) is 3.45. The van der Waals surface area contributed by atoms with Crippen LogP contribution in [0.2, 0.25) is 12.1 Å². The average Bonchev–Trinajstić information content (AvgIpc) is 3.63. The van der Waals surface area contributed by atoms with Crippen molar-refractivity contribution < 1.29 is 0 Å². The highest BCUT2D eigenvalue weighted by molar-refractivity contribution is 6.94. The first kappa shape index (κ1) is 29.6. The lowest BCUT2D eigenvalue weighted by molar-refractivity contribution is 0.590. The van der Waals surface area contributed by atoms with E-state index < -0.39 is 8.07 Å². The van der Waals surface area contributed by atoms with E-state index in [0.717, 1.165) is 12.8 Å². The molecule has 220 valence electrons. The van der Waals surface area contributed by atoms with Crippen LogP contribution in [0.1, 0.15) is 88.8 Å². The summed E-state index contributed by atoms with van der Waals surface area (Å²) < 4.78 is 0. The Morgan fingerprint density at radius 1 is 0.512 bits per heavy atom. The highest BCUT2D eigenvalue weighted by Crippen LogP contribution is 2.46. The standard InChI is InChI=1S/C42H48Si/c1-9-43(10-2,35-25-31-13-11-15-37(39(31)27-35)29-17-21-33(22-18-29)41(3,4)5)36-26-32-14-12-16-38(40(32)28-36)30-19-23-34(24-20-30)42(6,7)8/h11-24,27-28H,9-10,25-26H2,1-8H3. The summed E-state index contributed by atoms with van der Waals surface area (Å²) in [6, 6.07) is 35.1. The van der Waals surface area contributed by atoms with Crippen LogP contribution in [0.5, 0.6) is 0 Å². The van der Waals surface area contributed by atoms with Crippen molar-refractivity contribution in [2.24, 2.45) is 0 Å². The van der Waals surface area contributed by atoms with Gasteiger partial charge in [-0.1, -0.05) is 175 Å². The van der Waals surface area contributed by atoms with Crippen molar-refractivity contribution in [1.29, 1.82) is 0 Å². The minimum absolute atomic E-state index is 0.167. The fourth-order valence-electron chi connectivity index (χ4n) is 7.52. The molecule has 4 aromatic rings. The number of fused-ring (bicyclic) bond motifs is 2. The summed E-state index contributed by atoms with van der Waals surface area (Å²) in [7, 11) is -1.87. The first-order valence-electron chi connectivity index (χ1n) is 16.3. The highest BCUT2D eigenvalue weighted by Gasteiger charge is 2.41. The maximum absolute atomic E-state index is 2.62. The van der Waals surface area contributed by atoms with E-state index in [1.165, 1.54) is 67.7 Å². The van der Waals surface area contributed by atoms with Crippen molar-refractivity contribution in [2.75, 3.05) is 0 Å². The Morgan fingerprint density at radius 2 is 0.884 bits per heavy atom. The Labute approximate surface area is 261 Å². The van der Waals surface area contributed by atoms with Crippen LogP contribution in [-0.4, -0.2) is 8.07 Å². The van der Waals surface area contributed by atoms with E-state index in [1.54, 1.807) is 10.4 Å². The number of benzene rings is 4. The Hall–Kier alpha value is -3.42. The van der Waals surface area contributed by atoms with Gasteiger partial charge in [0.1, 0.15) is 8.07 Å². The lowest BCUT2D eigenvalue weighted by Gasteiger charge is -2.33. The molecule has 4 aromatic carbocycles. The fourth-order valence-corrected chi connectivity index (χ4v) is 12.1. The number of rotatable bonds is 6. The molecule has 0 bridgehead atoms. The molecule has 0 aliphatic heterocycles. The van der Waals surface area contributed by atoms with Crippen molar-refractivity contribution in [3.05, 3.63) is 129 Å². The SMILES string of the molecule is CC[Si](CC)(C1=Cc2c(cccc2-c2ccc(C(C)(C)C)cc2)C1)C1=Cc2c(cccc2-c2ccc(C(C)(C)C)cc2)C1. The minimum atomic E-state index is -1.87. The van der Waals surface area contributed by atoms with Gasteiger partial charge in [0, 0.05) is 0 Å². The number of hydrogen-bond donors (Lipinski definition) is 0. The van der Waals surface area contributed by atoms with Gasteiger partial charge in [0.05, 0.1) is 0 Å². The zero-order valence-electron chi connectivity index (χ0n) is 27.6. The molecular formula is C42H48Si. The summed E-state index contributed by atoms with van der Waals surface area (Å²) in [6.45, 7) is 18.7. The molecular weight excluding hydrogens is 533 g/mol. The molecule has 2 aliphatic carbocycles. The number of hydrogen-bond acceptors (Lipinski definition) is 0. The fraction of sp³-hybridized carbons (Fsp3) is 0.333. The lowest BCUT2D eigenvalue weighted by Crippen LogP contribution is -2.39. The van der Waals surface area contributed by atoms with Gasteiger partial charge in [-0.25, -0.2) is 0 Å². The smallest absolute Gasteiger partial charge is 0.0709 e. The van der Waals surface area contributed by atoms with Crippen LogP contribution in [0.15, 0.2) is 95.3 Å². The van der Waals surface area contributed by atoms with Crippen LogP contribution >= 0.6 is 0 Å². The third kappa shape index (κ3) is 5.31. The Morgan fingerprint density at radius 3 is 1.21 bits per heavy atom. The van der Waals surface area contributed by atoms with Crippen LogP contribution in [0, 0.1) is 0 Å². The Kier molecular flexibility index (Phi) is 7.54. The van der Waals surface area contributed by atoms with Crippen LogP contribution in [0.4, 0.5) is 0 Å². The van der Waals surface area contributed by atoms with Gasteiger partial charge < -0.3 is 0 Å². The van der Waals surface area contributed by atoms with E-state index in [0.29, 0.717) is 0 Å². The largest absolute Gasteiger partial charge is 0.109 e. The molecule has 0 aromatic heterocycles. The quantitative estimate of drug-likeness (QED) is 0.199. The predicted molar refractivity (Wildman–Crippen MR) is 191 cm³/mol. The van der Waals surface area contributed by atoms with Gasteiger partial charge in [-0.2, -0.15) is 0 Å². The molecule has 6 rings (SSSR count). The second kappa shape index (κ2) is 10.9. The Balaban J connectivity index is 1.37. The van der Waals surface area contributed by atoms with E-state index in [-0.39, 0.29) is 10.8 Å². The first-order chi connectivity index (χ1) is 20.4. The molecule has 0 nitrogen and oxygen atoms in total. The molecule has 0 N–H and O–H groups in total. The van der Waals surface area contributed by atoms with Crippen molar-refractivity contribution in [3.8, 4) is 22.3 Å². The van der Waals surface area contributed by atoms with E-state index in [4.69, 9.17) is 0 Å². The molecule has 0 fully saturated rings. The molecule has 0 saturated carbocycles. The van der Waals surface area contributed by atoms with E-state index in [1.807, 2.05) is 0 Å². The zero-order chi connectivity index (χ0) is 30.6. The summed E-state index contributed by atoms with van der Waals surface area (Å²) >= 11 is 0. The Bertz CT molecular complexity index is 1580. The van der Waals surface area contributed by atoms with Gasteiger partial charge in [-0.15, -0.1) is 0 Å². The van der Waals surface area contributed by atoms with Crippen molar-refractivity contribution in [1.82, 2.24) is 0 Å². The molecule has 43 heavy (non-hydrogen) atoms. The molecule has 0 heterocycles. The van der Waals surface area contributed by atoms with Gasteiger partial charge in [0.15, 0.2) is 0 Å². The van der Waals surface area contributed by atoms with Gasteiger partial charge in [0.25, 0.3) is 0 Å². The highest BCUT2D eigenvalue weighted by atomic mass is 28.3. The lowest BCUT2D eigenvalue weighted by atomic mass is 9.86. The van der Waals surface area contributed by atoms with Crippen molar-refractivity contribution in [2.45, 2.75) is 91.1 Å². The molecule has 0 saturated heterocycles. The third-order valence-electron chi connectivity index (χ3n) is 10.4. The molecule has 1 heteroatoms. The van der Waals surface area contributed by atoms with E-state index in [9.17, 15) is 0 Å². The summed E-state index contributed by atoms with van der Waals surface area (Å²) in [4.78, 5) is 0. The van der Waals surface area contributed by atoms with Crippen molar-refractivity contribution >= 4 is 20.2 Å². The summed E-state index contributed by atoms with van der Waals surface area (Å²) in [6.07, 6.45) is 7.45. The average molecular weight is 581 g/mol. The zero-order valence-corrected chi connectivity index (χ0v) is 28.6. The summed E-state index contributed by atoms with van der Waals surface area (Å²) in [5.41, 5.74) is 14.5. The monoisotopic (exact) mass is 580 g/mol. The molecule has 0 radical (unpaired) electrons. The third-order valence-corrected chi connectivity index (χ3v) is 15.9. The van der Waals surface area contributed by atoms with E-state index in [2.05, 4.69) is 152 Å². The predicted octanol–water partition coefficient (Wildman–Crippen LogP) is 11.8. The first-order valence-corrected chi connectivity index (χ1v) is 18.7. The molecule has 0 amide bonds. The van der Waals surface area contributed by atoms with Gasteiger partial charge in [-0.3, -0.25) is 0 Å². The summed E-state index contributed by atoms with van der Waals surface area (Å²) in [5.74, 6) is 0. The number of allylic oxidation sites excluding steroid dienone is 2. The van der Waals surface area contributed by atoms with Crippen LogP contribution in [0.3, 0.4) is 0 Å². The minimum Gasteiger partial charge on any atom is -0.0709 e. The van der Waals surface area contributed by atoms with Crippen LogP contribution in [0.25, 0.3) is 34.4 Å². The van der Waals surface area contributed by atoms with Gasteiger partial charge in [0.2, 0.25) is 0 Å². The maximum atomic E-state index is 2.62. The topological polar surface area (TPSA) is 0 Å². The molecule has 0 unspecified atom stereocenters. The van der Waals surface area contributed by atoms with Gasteiger partial charge in [-0.05, 0) is 79.3 Å². The second-order valence-electron chi connectivity index (χ2n) is 14.9. The van der Waals surface area contributed by atoms with Crippen molar-refractivity contribution in [3.63, 3.8) is 0 Å². The molecule has 2 aliphatic rings. The van der Waals surface area contributed by atoms with Crippen LogP contribution in [-0.2, 0) is 23.7 Å². The normalized spacial score (nSPS) is 14.8.